The van der Waals surface area contributed by atoms with Gasteiger partial charge in [-0.25, -0.2) is 9.82 Å². The molecular formula is C18H14BrFN4O. The molecule has 7 heteroatoms. The second-order valence-corrected chi connectivity index (χ2v) is 6.24. The first-order valence-electron chi connectivity index (χ1n) is 7.45. The van der Waals surface area contributed by atoms with E-state index in [1.54, 1.807) is 25.1 Å². The number of aromatic amines is 1. The van der Waals surface area contributed by atoms with Gasteiger partial charge in [0, 0.05) is 10.0 Å². The van der Waals surface area contributed by atoms with Gasteiger partial charge in [0.1, 0.15) is 11.5 Å². The summed E-state index contributed by atoms with van der Waals surface area (Å²) in [5.41, 5.74) is 5.60. The number of carbonyl (C=O) groups excluding carboxylic acids is 1. The highest BCUT2D eigenvalue weighted by atomic mass is 79.9. The molecule has 25 heavy (non-hydrogen) atoms. The van der Waals surface area contributed by atoms with E-state index in [1.165, 1.54) is 12.1 Å². The van der Waals surface area contributed by atoms with E-state index in [0.717, 1.165) is 10.0 Å². The number of hydrazone groups is 1. The van der Waals surface area contributed by atoms with Gasteiger partial charge in [-0.3, -0.25) is 9.89 Å². The van der Waals surface area contributed by atoms with E-state index in [4.69, 9.17) is 0 Å². The molecule has 0 saturated heterocycles. The molecule has 0 spiro atoms. The highest BCUT2D eigenvalue weighted by Gasteiger charge is 2.11. The van der Waals surface area contributed by atoms with Crippen LogP contribution in [0.4, 0.5) is 4.39 Å². The van der Waals surface area contributed by atoms with E-state index in [1.807, 2.05) is 24.3 Å². The molecule has 0 aliphatic carbocycles. The van der Waals surface area contributed by atoms with Crippen LogP contribution in [0.1, 0.15) is 23.0 Å². The lowest BCUT2D eigenvalue weighted by atomic mass is 10.1. The van der Waals surface area contributed by atoms with Crippen molar-refractivity contribution >= 4 is 27.5 Å². The summed E-state index contributed by atoms with van der Waals surface area (Å²) in [5, 5.41) is 10.8. The number of hydrogen-bond acceptors (Lipinski definition) is 3. The molecule has 5 nitrogen and oxygen atoms in total. The Balaban J connectivity index is 1.71. The first-order chi connectivity index (χ1) is 12.0. The summed E-state index contributed by atoms with van der Waals surface area (Å²) in [5.74, 6) is -0.732. The van der Waals surface area contributed by atoms with Gasteiger partial charge in [0.15, 0.2) is 0 Å². The van der Waals surface area contributed by atoms with E-state index in [0.29, 0.717) is 17.0 Å². The second kappa shape index (κ2) is 7.40. The van der Waals surface area contributed by atoms with Gasteiger partial charge >= 0.3 is 0 Å². The number of nitrogens with zero attached hydrogens (tertiary/aromatic N) is 2. The highest BCUT2D eigenvalue weighted by molar-refractivity contribution is 9.10. The highest BCUT2D eigenvalue weighted by Crippen LogP contribution is 2.18. The van der Waals surface area contributed by atoms with Crippen LogP contribution in [0.3, 0.4) is 0 Å². The predicted molar refractivity (Wildman–Crippen MR) is 97.8 cm³/mol. The molecular weight excluding hydrogens is 387 g/mol. The smallest absolute Gasteiger partial charge is 0.272 e. The standard InChI is InChI=1S/C18H14BrFN4O/c1-11(13-3-2-4-14(19)9-13)21-24-18(25)17-10-16(22-23-17)12-5-7-15(20)8-6-12/h2-10H,1H3,(H,22,23)(H,24,25). The third-order valence-corrected chi connectivity index (χ3v) is 4.02. The Hall–Kier alpha value is -2.80. The van der Waals surface area contributed by atoms with E-state index in [2.05, 4.69) is 36.7 Å². The van der Waals surface area contributed by atoms with Gasteiger partial charge in [-0.05, 0) is 55.0 Å². The van der Waals surface area contributed by atoms with Crippen LogP contribution in [0, 0.1) is 5.82 Å². The van der Waals surface area contributed by atoms with E-state index in [9.17, 15) is 9.18 Å². The molecule has 0 aliphatic rings. The lowest BCUT2D eigenvalue weighted by Crippen LogP contribution is -2.19. The molecule has 0 aliphatic heterocycles. The second-order valence-electron chi connectivity index (χ2n) is 5.32. The van der Waals surface area contributed by atoms with Crippen LogP contribution in [-0.4, -0.2) is 21.8 Å². The zero-order chi connectivity index (χ0) is 17.8. The number of halogens is 2. The summed E-state index contributed by atoms with van der Waals surface area (Å²) < 4.78 is 13.9. The number of hydrogen-bond donors (Lipinski definition) is 2. The van der Waals surface area contributed by atoms with Crippen LogP contribution in [-0.2, 0) is 0 Å². The van der Waals surface area contributed by atoms with Gasteiger partial charge in [0.25, 0.3) is 5.91 Å². The van der Waals surface area contributed by atoms with E-state index >= 15 is 0 Å². The molecule has 1 heterocycles. The minimum absolute atomic E-state index is 0.269. The van der Waals surface area contributed by atoms with Crippen molar-refractivity contribution in [3.05, 3.63) is 76.1 Å². The van der Waals surface area contributed by atoms with Crippen LogP contribution in [0.25, 0.3) is 11.3 Å². The molecule has 0 fully saturated rings. The summed E-state index contributed by atoms with van der Waals surface area (Å²) in [7, 11) is 0. The lowest BCUT2D eigenvalue weighted by Gasteiger charge is -2.02. The van der Waals surface area contributed by atoms with Crippen molar-refractivity contribution in [1.82, 2.24) is 15.6 Å². The monoisotopic (exact) mass is 400 g/mol. The lowest BCUT2D eigenvalue weighted by molar-refractivity contribution is 0.0950. The number of nitrogens with one attached hydrogen (secondary N) is 2. The normalized spacial score (nSPS) is 11.4. The summed E-state index contributed by atoms with van der Waals surface area (Å²) in [6.45, 7) is 1.80. The molecule has 0 atom stereocenters. The van der Waals surface area contributed by atoms with Crippen molar-refractivity contribution in [1.29, 1.82) is 0 Å². The Bertz CT molecular complexity index is 934. The van der Waals surface area contributed by atoms with E-state index < -0.39 is 5.91 Å². The molecule has 0 bridgehead atoms. The van der Waals surface area contributed by atoms with Crippen LogP contribution in [0.2, 0.25) is 0 Å². The maximum absolute atomic E-state index is 13.0. The molecule has 0 unspecified atom stereocenters. The number of rotatable bonds is 4. The molecule has 1 amide bonds. The zero-order valence-electron chi connectivity index (χ0n) is 13.3. The number of amides is 1. The van der Waals surface area contributed by atoms with Gasteiger partial charge in [0.05, 0.1) is 11.4 Å². The number of aromatic nitrogens is 2. The topological polar surface area (TPSA) is 70.1 Å². The van der Waals surface area contributed by atoms with Crippen LogP contribution in [0.5, 0.6) is 0 Å². The average Bonchev–Trinajstić information content (AvgIpc) is 3.10. The minimum Gasteiger partial charge on any atom is -0.272 e. The Morgan fingerprint density at radius 1 is 1.20 bits per heavy atom. The van der Waals surface area contributed by atoms with Gasteiger partial charge in [0.2, 0.25) is 0 Å². The molecule has 126 valence electrons. The van der Waals surface area contributed by atoms with Gasteiger partial charge < -0.3 is 0 Å². The van der Waals surface area contributed by atoms with Crippen molar-refractivity contribution in [2.75, 3.05) is 0 Å². The minimum atomic E-state index is -0.407. The third-order valence-electron chi connectivity index (χ3n) is 3.53. The largest absolute Gasteiger partial charge is 0.289 e. The van der Waals surface area contributed by atoms with E-state index in [-0.39, 0.29) is 11.5 Å². The zero-order valence-corrected chi connectivity index (χ0v) is 14.8. The van der Waals surface area contributed by atoms with Crippen LogP contribution >= 0.6 is 15.9 Å². The number of H-pyrrole nitrogens is 1. The predicted octanol–water partition coefficient (Wildman–Crippen LogP) is 4.13. The number of benzene rings is 2. The Kier molecular flexibility index (Phi) is 5.04. The summed E-state index contributed by atoms with van der Waals surface area (Å²) >= 11 is 3.40. The molecule has 1 aromatic heterocycles. The third kappa shape index (κ3) is 4.19. The van der Waals surface area contributed by atoms with Crippen LogP contribution < -0.4 is 5.43 Å². The van der Waals surface area contributed by atoms with Gasteiger partial charge in [-0.2, -0.15) is 10.2 Å². The molecule has 0 saturated carbocycles. The SMILES string of the molecule is CC(=NNC(=O)c1cc(-c2ccc(F)cc2)n[nH]1)c1cccc(Br)c1. The van der Waals surface area contributed by atoms with Crippen molar-refractivity contribution in [3.8, 4) is 11.3 Å². The van der Waals surface area contributed by atoms with Gasteiger partial charge in [-0.1, -0.05) is 28.1 Å². The molecule has 0 radical (unpaired) electrons. The number of carbonyl (C=O) groups is 1. The van der Waals surface area contributed by atoms with Gasteiger partial charge in [-0.15, -0.1) is 0 Å². The Labute approximate surface area is 152 Å². The fourth-order valence-corrected chi connectivity index (χ4v) is 2.58. The molecule has 2 aromatic carbocycles. The summed E-state index contributed by atoms with van der Waals surface area (Å²) in [6, 6.07) is 15.1. The molecule has 3 rings (SSSR count). The van der Waals surface area contributed by atoms with Crippen molar-refractivity contribution in [2.24, 2.45) is 5.10 Å². The summed E-state index contributed by atoms with van der Waals surface area (Å²) in [4.78, 5) is 12.2. The van der Waals surface area contributed by atoms with Crippen LogP contribution in [0.15, 0.2) is 64.2 Å². The fraction of sp³-hybridized carbons (Fsp3) is 0.0556. The van der Waals surface area contributed by atoms with Crippen molar-refractivity contribution in [3.63, 3.8) is 0 Å². The summed E-state index contributed by atoms with van der Waals surface area (Å²) in [6.07, 6.45) is 0. The Morgan fingerprint density at radius 3 is 2.68 bits per heavy atom. The maximum atomic E-state index is 13.0. The quantitative estimate of drug-likeness (QED) is 0.510. The first kappa shape index (κ1) is 17.0. The maximum Gasteiger partial charge on any atom is 0.289 e. The fourth-order valence-electron chi connectivity index (χ4n) is 2.18. The van der Waals surface area contributed by atoms with Crippen molar-refractivity contribution < 1.29 is 9.18 Å². The average molecular weight is 401 g/mol. The van der Waals surface area contributed by atoms with Crippen molar-refractivity contribution in [2.45, 2.75) is 6.92 Å². The molecule has 3 aromatic rings. The molecule has 2 N–H and O–H groups in total. The first-order valence-corrected chi connectivity index (χ1v) is 8.24. The Morgan fingerprint density at radius 2 is 1.96 bits per heavy atom.